The largest absolute Gasteiger partial charge is 0.497 e. The predicted octanol–water partition coefficient (Wildman–Crippen LogP) is 2.18. The van der Waals surface area contributed by atoms with E-state index >= 15 is 0 Å². The highest BCUT2D eigenvalue weighted by Crippen LogP contribution is 2.24. The Kier molecular flexibility index (Phi) is 4.74. The number of benzene rings is 1. The zero-order valence-corrected chi connectivity index (χ0v) is 10.1. The molecule has 0 aromatic heterocycles. The van der Waals surface area contributed by atoms with Crippen LogP contribution in [0, 0.1) is 0 Å². The third kappa shape index (κ3) is 4.16. The molecule has 0 spiro atoms. The van der Waals surface area contributed by atoms with Crippen LogP contribution in [0.5, 0.6) is 5.75 Å². The van der Waals surface area contributed by atoms with Crippen LogP contribution >= 0.6 is 0 Å². The van der Waals surface area contributed by atoms with E-state index < -0.39 is 12.1 Å². The molecule has 0 saturated carbocycles. The molecule has 1 N–H and O–H groups in total. The number of hydrogen-bond donors (Lipinski definition) is 1. The Morgan fingerprint density at radius 3 is 2.58 bits per heavy atom. The minimum Gasteiger partial charge on any atom is -0.497 e. The number of carbonyl (C=O) groups is 1. The number of halogens is 3. The van der Waals surface area contributed by atoms with Crippen LogP contribution < -0.4 is 10.1 Å². The first-order valence-electron chi connectivity index (χ1n) is 5.01. The second kappa shape index (κ2) is 6.07. The maximum absolute atomic E-state index is 12.2. The maximum atomic E-state index is 12.2. The van der Waals surface area contributed by atoms with E-state index in [0.29, 0.717) is 5.75 Å². The summed E-state index contributed by atoms with van der Waals surface area (Å²) in [6.07, 6.45) is -3.80. The quantitative estimate of drug-likeness (QED) is 0.677. The Hall–Kier alpha value is -2.25. The van der Waals surface area contributed by atoms with E-state index in [4.69, 9.17) is 4.74 Å². The fourth-order valence-electron chi connectivity index (χ4n) is 1.19. The maximum Gasteiger partial charge on any atom is 0.471 e. The van der Waals surface area contributed by atoms with Crippen molar-refractivity contribution >= 4 is 17.8 Å². The fraction of sp³-hybridized carbons (Fsp3) is 0.273. The van der Waals surface area contributed by atoms with Gasteiger partial charge in [-0.15, -0.1) is 0 Å². The Labute approximate surface area is 107 Å². The lowest BCUT2D eigenvalue weighted by molar-refractivity contribution is -0.167. The third-order valence-corrected chi connectivity index (χ3v) is 2.06. The molecule has 104 valence electrons. The van der Waals surface area contributed by atoms with Gasteiger partial charge in [0.05, 0.1) is 19.0 Å². The van der Waals surface area contributed by atoms with Gasteiger partial charge in [-0.1, -0.05) is 5.16 Å². The van der Waals surface area contributed by atoms with Crippen LogP contribution in [0.15, 0.2) is 23.4 Å². The Morgan fingerprint density at radius 1 is 1.37 bits per heavy atom. The molecular formula is C11H11F3N2O3. The number of hydrogen-bond acceptors (Lipinski definition) is 4. The molecule has 1 amide bonds. The van der Waals surface area contributed by atoms with Crippen LogP contribution in [0.4, 0.5) is 18.9 Å². The van der Waals surface area contributed by atoms with Gasteiger partial charge in [0.1, 0.15) is 12.9 Å². The topological polar surface area (TPSA) is 59.9 Å². The van der Waals surface area contributed by atoms with Crippen molar-refractivity contribution in [1.29, 1.82) is 0 Å². The highest BCUT2D eigenvalue weighted by Gasteiger charge is 2.38. The zero-order chi connectivity index (χ0) is 14.5. The van der Waals surface area contributed by atoms with E-state index in [9.17, 15) is 18.0 Å². The molecule has 0 fully saturated rings. The molecule has 0 aliphatic carbocycles. The molecule has 0 heterocycles. The molecule has 0 aliphatic heterocycles. The van der Waals surface area contributed by atoms with Crippen molar-refractivity contribution in [2.45, 2.75) is 6.18 Å². The van der Waals surface area contributed by atoms with Crippen molar-refractivity contribution in [3.8, 4) is 5.75 Å². The molecule has 1 rings (SSSR count). The smallest absolute Gasteiger partial charge is 0.471 e. The molecule has 8 heteroatoms. The summed E-state index contributed by atoms with van der Waals surface area (Å²) in [7, 11) is 2.64. The second-order valence-electron chi connectivity index (χ2n) is 3.32. The van der Waals surface area contributed by atoms with E-state index in [0.717, 1.165) is 0 Å². The van der Waals surface area contributed by atoms with E-state index in [-0.39, 0.29) is 11.3 Å². The summed E-state index contributed by atoms with van der Waals surface area (Å²) in [5.74, 6) is -1.78. The first kappa shape index (κ1) is 14.8. The molecule has 0 aliphatic rings. The molecule has 5 nitrogen and oxygen atoms in total. The van der Waals surface area contributed by atoms with E-state index in [1.165, 1.54) is 38.6 Å². The number of alkyl halides is 3. The van der Waals surface area contributed by atoms with Crippen molar-refractivity contribution in [2.75, 3.05) is 19.5 Å². The van der Waals surface area contributed by atoms with Gasteiger partial charge >= 0.3 is 12.1 Å². The predicted molar refractivity (Wildman–Crippen MR) is 62.3 cm³/mol. The van der Waals surface area contributed by atoms with Crippen molar-refractivity contribution in [3.63, 3.8) is 0 Å². The standard InChI is InChI=1S/C11H11F3N2O3/c1-18-8-4-3-7(6-15-19-2)9(5-8)16-10(17)11(12,13)14/h3-6H,1-2H3,(H,16,17)/b15-6+. The number of rotatable bonds is 4. The van der Waals surface area contributed by atoms with Crippen molar-refractivity contribution in [1.82, 2.24) is 0 Å². The van der Waals surface area contributed by atoms with Gasteiger partial charge in [0.2, 0.25) is 0 Å². The molecule has 19 heavy (non-hydrogen) atoms. The van der Waals surface area contributed by atoms with Crippen molar-refractivity contribution < 1.29 is 27.5 Å². The SMILES string of the molecule is CO/N=C/c1ccc(OC)cc1NC(=O)C(F)(F)F. The minimum absolute atomic E-state index is 0.0810. The number of nitrogens with one attached hydrogen (secondary N) is 1. The normalized spacial score (nSPS) is 11.4. The highest BCUT2D eigenvalue weighted by atomic mass is 19.4. The van der Waals surface area contributed by atoms with Gasteiger partial charge in [0.25, 0.3) is 0 Å². The number of ether oxygens (including phenoxy) is 1. The lowest BCUT2D eigenvalue weighted by Crippen LogP contribution is -2.30. The third-order valence-electron chi connectivity index (χ3n) is 2.06. The monoisotopic (exact) mass is 276 g/mol. The van der Waals surface area contributed by atoms with Crippen molar-refractivity contribution in [3.05, 3.63) is 23.8 Å². The van der Waals surface area contributed by atoms with Gasteiger partial charge in [-0.25, -0.2) is 0 Å². The van der Waals surface area contributed by atoms with Gasteiger partial charge < -0.3 is 14.9 Å². The van der Waals surface area contributed by atoms with Gasteiger partial charge in [0, 0.05) is 11.6 Å². The Morgan fingerprint density at radius 2 is 2.05 bits per heavy atom. The van der Waals surface area contributed by atoms with Crippen LogP contribution in [0.1, 0.15) is 5.56 Å². The number of anilines is 1. The number of carbonyl (C=O) groups excluding carboxylic acids is 1. The molecule has 1 aromatic carbocycles. The van der Waals surface area contributed by atoms with Gasteiger partial charge in [-0.05, 0) is 12.1 Å². The number of oxime groups is 1. The minimum atomic E-state index is -4.97. The molecule has 0 unspecified atom stereocenters. The van der Waals surface area contributed by atoms with E-state index in [2.05, 4.69) is 9.99 Å². The highest BCUT2D eigenvalue weighted by molar-refractivity contribution is 6.00. The first-order chi connectivity index (χ1) is 8.88. The summed E-state index contributed by atoms with van der Waals surface area (Å²) in [5.41, 5.74) is 0.169. The first-order valence-corrected chi connectivity index (χ1v) is 5.01. The molecule has 0 radical (unpaired) electrons. The van der Waals surface area contributed by atoms with Gasteiger partial charge in [-0.2, -0.15) is 13.2 Å². The van der Waals surface area contributed by atoms with E-state index in [1.54, 1.807) is 5.32 Å². The summed E-state index contributed by atoms with van der Waals surface area (Å²) < 4.78 is 41.5. The molecule has 0 saturated heterocycles. The number of methoxy groups -OCH3 is 1. The van der Waals surface area contributed by atoms with Gasteiger partial charge in [0.15, 0.2) is 0 Å². The molecule has 0 atom stereocenters. The molecular weight excluding hydrogens is 265 g/mol. The number of nitrogens with zero attached hydrogens (tertiary/aromatic N) is 1. The summed E-state index contributed by atoms with van der Waals surface area (Å²) in [6, 6.07) is 4.20. The second-order valence-corrected chi connectivity index (χ2v) is 3.32. The molecule has 0 bridgehead atoms. The van der Waals surface area contributed by atoms with Crippen LogP contribution in [0.2, 0.25) is 0 Å². The van der Waals surface area contributed by atoms with Crippen LogP contribution in [0.3, 0.4) is 0 Å². The Balaban J connectivity index is 3.07. The molecule has 1 aromatic rings. The van der Waals surface area contributed by atoms with Crippen LogP contribution in [0.25, 0.3) is 0 Å². The summed E-state index contributed by atoms with van der Waals surface area (Å²) in [4.78, 5) is 15.3. The zero-order valence-electron chi connectivity index (χ0n) is 10.1. The number of amides is 1. The van der Waals surface area contributed by atoms with Crippen LogP contribution in [-0.4, -0.2) is 32.5 Å². The Bertz CT molecular complexity index is 487. The summed E-state index contributed by atoms with van der Waals surface area (Å²) in [5, 5.41) is 5.17. The lowest BCUT2D eigenvalue weighted by Gasteiger charge is -2.11. The average molecular weight is 276 g/mol. The van der Waals surface area contributed by atoms with Crippen molar-refractivity contribution in [2.24, 2.45) is 5.16 Å². The van der Waals surface area contributed by atoms with E-state index in [1.807, 2.05) is 0 Å². The van der Waals surface area contributed by atoms with Crippen LogP contribution in [-0.2, 0) is 9.63 Å². The fourth-order valence-corrected chi connectivity index (χ4v) is 1.19. The summed E-state index contributed by atoms with van der Waals surface area (Å²) >= 11 is 0. The lowest BCUT2D eigenvalue weighted by atomic mass is 10.2. The van der Waals surface area contributed by atoms with Gasteiger partial charge in [-0.3, -0.25) is 4.79 Å². The average Bonchev–Trinajstić information content (AvgIpc) is 2.36. The summed E-state index contributed by atoms with van der Waals surface area (Å²) in [6.45, 7) is 0.